The largest absolute Gasteiger partial charge is 0.410 e. The van der Waals surface area contributed by atoms with Crippen LogP contribution in [0, 0.1) is 5.41 Å². The topological polar surface area (TPSA) is 73.6 Å². The summed E-state index contributed by atoms with van der Waals surface area (Å²) in [6, 6.07) is 12.0. The number of hydrogen-bond donors (Lipinski definition) is 0. The van der Waals surface area contributed by atoms with Gasteiger partial charge >= 0.3 is 0 Å². The molecule has 0 N–H and O–H groups in total. The summed E-state index contributed by atoms with van der Waals surface area (Å²) < 4.78 is 31.6. The Labute approximate surface area is 168 Å². The molecule has 3 rings (SSSR count). The van der Waals surface area contributed by atoms with Crippen molar-refractivity contribution in [3.8, 4) is 11.3 Å². The molecule has 0 saturated carbocycles. The number of fused-ring (bicyclic) bond motifs is 1. The Morgan fingerprint density at radius 2 is 1.86 bits per heavy atom. The van der Waals surface area contributed by atoms with Gasteiger partial charge in [-0.15, -0.1) is 5.10 Å². The van der Waals surface area contributed by atoms with E-state index in [4.69, 9.17) is 4.43 Å². The molecule has 0 aliphatic carbocycles. The summed E-state index contributed by atoms with van der Waals surface area (Å²) in [5.41, 5.74) is 3.56. The third kappa shape index (κ3) is 4.34. The maximum Gasteiger partial charge on any atom is 0.265 e. The quantitative estimate of drug-likeness (QED) is 0.584. The van der Waals surface area contributed by atoms with E-state index in [1.54, 1.807) is 4.52 Å². The van der Waals surface area contributed by atoms with Gasteiger partial charge in [0, 0.05) is 11.8 Å². The Bertz CT molecular complexity index is 1100. The van der Waals surface area contributed by atoms with Crippen molar-refractivity contribution in [2.75, 3.05) is 6.26 Å². The average molecular weight is 417 g/mol. The number of sulfone groups is 1. The number of benzene rings is 1. The summed E-state index contributed by atoms with van der Waals surface area (Å²) in [5, 5.41) is 4.06. The first-order valence-electron chi connectivity index (χ1n) is 9.09. The summed E-state index contributed by atoms with van der Waals surface area (Å²) in [4.78, 5) is 3.96. The van der Waals surface area contributed by atoms with E-state index in [1.165, 1.54) is 6.20 Å². The van der Waals surface area contributed by atoms with Gasteiger partial charge in [-0.1, -0.05) is 39.0 Å². The number of hydrogen-bond acceptors (Lipinski definition) is 5. The molecule has 0 bridgehead atoms. The van der Waals surface area contributed by atoms with Gasteiger partial charge in [0.05, 0.1) is 23.5 Å². The van der Waals surface area contributed by atoms with Gasteiger partial charge in [0.15, 0.2) is 0 Å². The highest BCUT2D eigenvalue weighted by Gasteiger charge is 2.28. The van der Waals surface area contributed by atoms with Crippen molar-refractivity contribution >= 4 is 24.4 Å². The van der Waals surface area contributed by atoms with Crippen LogP contribution >= 0.6 is 0 Å². The Hall–Kier alpha value is -2.03. The lowest BCUT2D eigenvalue weighted by molar-refractivity contribution is 0.0866. The second kappa shape index (κ2) is 7.42. The number of aromatic nitrogens is 3. The van der Waals surface area contributed by atoms with Gasteiger partial charge in [-0.25, -0.2) is 17.9 Å². The van der Waals surface area contributed by atoms with Crippen LogP contribution in [0.1, 0.15) is 32.4 Å². The first kappa shape index (κ1) is 20.7. The molecule has 3 aromatic rings. The summed E-state index contributed by atoms with van der Waals surface area (Å²) in [5.74, 6) is 0. The van der Waals surface area contributed by atoms with Gasteiger partial charge in [-0.3, -0.25) is 0 Å². The summed E-state index contributed by atoms with van der Waals surface area (Å²) >= 11 is 0. The smallest absolute Gasteiger partial charge is 0.265 e. The fraction of sp³-hybridized carbons (Fsp3) is 0.400. The zero-order chi connectivity index (χ0) is 20.7. The summed E-state index contributed by atoms with van der Waals surface area (Å²) in [6.45, 7) is 10.8. The molecule has 0 aliphatic heterocycles. The van der Waals surface area contributed by atoms with Crippen LogP contribution in [-0.4, -0.2) is 38.3 Å². The lowest BCUT2D eigenvalue weighted by Crippen LogP contribution is -2.25. The molecule has 0 aliphatic rings. The van der Waals surface area contributed by atoms with Crippen LogP contribution in [-0.2, 0) is 14.3 Å². The molecule has 1 atom stereocenters. The normalized spacial score (nSPS) is 14.0. The van der Waals surface area contributed by atoms with E-state index in [9.17, 15) is 8.42 Å². The van der Waals surface area contributed by atoms with Gasteiger partial charge in [0.1, 0.15) is 0 Å². The SMILES string of the molecule is C[Si](C)OC(c1cccc(-c2ccc3cnc(S(C)(=O)=O)nn23)c1)C(C)(C)C. The van der Waals surface area contributed by atoms with Gasteiger partial charge in [0.2, 0.25) is 18.9 Å². The highest BCUT2D eigenvalue weighted by molar-refractivity contribution is 7.90. The van der Waals surface area contributed by atoms with Gasteiger partial charge in [-0.05, 0) is 42.3 Å². The number of nitrogens with zero attached hydrogens (tertiary/aromatic N) is 3. The second-order valence-electron chi connectivity index (χ2n) is 8.27. The zero-order valence-corrected chi connectivity index (χ0v) is 18.9. The maximum atomic E-state index is 11.9. The minimum absolute atomic E-state index is 0.0243. The average Bonchev–Trinajstić information content (AvgIpc) is 3.01. The molecule has 8 heteroatoms. The molecule has 28 heavy (non-hydrogen) atoms. The first-order valence-corrected chi connectivity index (χ1v) is 13.4. The van der Waals surface area contributed by atoms with Crippen LogP contribution in [0.3, 0.4) is 0 Å². The highest BCUT2D eigenvalue weighted by Crippen LogP contribution is 2.38. The fourth-order valence-electron chi connectivity index (χ4n) is 3.12. The van der Waals surface area contributed by atoms with E-state index in [0.29, 0.717) is 0 Å². The predicted molar refractivity (Wildman–Crippen MR) is 112 cm³/mol. The maximum absolute atomic E-state index is 11.9. The highest BCUT2D eigenvalue weighted by atomic mass is 32.2. The minimum Gasteiger partial charge on any atom is -0.410 e. The Kier molecular flexibility index (Phi) is 5.48. The van der Waals surface area contributed by atoms with Crippen molar-refractivity contribution in [1.82, 2.24) is 14.6 Å². The standard InChI is InChI=1S/C20H26N3O3SSi/c1-20(2,3)18(26-28(5)6)15-9-7-8-14(12-15)17-11-10-16-13-21-19(22-23(16)17)27(4,24)25/h7-13,18H,1-6H3. The van der Waals surface area contributed by atoms with Crippen molar-refractivity contribution < 1.29 is 12.8 Å². The van der Waals surface area contributed by atoms with Crippen LogP contribution in [0.25, 0.3) is 16.8 Å². The van der Waals surface area contributed by atoms with E-state index >= 15 is 0 Å². The minimum atomic E-state index is -3.49. The van der Waals surface area contributed by atoms with Gasteiger partial charge in [0.25, 0.3) is 5.16 Å². The second-order valence-corrected chi connectivity index (χ2v) is 12.2. The molecule has 0 saturated heterocycles. The predicted octanol–water partition coefficient (Wildman–Crippen LogP) is 4.15. The zero-order valence-electron chi connectivity index (χ0n) is 17.1. The molecule has 2 heterocycles. The molecule has 1 unspecified atom stereocenters. The molecule has 0 amide bonds. The van der Waals surface area contributed by atoms with E-state index in [2.05, 4.69) is 56.1 Å². The van der Waals surface area contributed by atoms with Crippen molar-refractivity contribution in [2.24, 2.45) is 5.41 Å². The van der Waals surface area contributed by atoms with E-state index in [0.717, 1.165) is 28.6 Å². The molecule has 0 fully saturated rings. The van der Waals surface area contributed by atoms with Crippen molar-refractivity contribution in [3.63, 3.8) is 0 Å². The van der Waals surface area contributed by atoms with Crippen LogP contribution < -0.4 is 0 Å². The van der Waals surface area contributed by atoms with Crippen molar-refractivity contribution in [2.45, 2.75) is 45.1 Å². The molecular weight excluding hydrogens is 390 g/mol. The molecule has 6 nitrogen and oxygen atoms in total. The van der Waals surface area contributed by atoms with E-state index in [1.807, 2.05) is 24.3 Å². The Morgan fingerprint density at radius 3 is 2.46 bits per heavy atom. The number of rotatable bonds is 5. The van der Waals surface area contributed by atoms with E-state index < -0.39 is 18.9 Å². The van der Waals surface area contributed by atoms with Crippen LogP contribution in [0.15, 0.2) is 47.8 Å². The van der Waals surface area contributed by atoms with Crippen LogP contribution in [0.2, 0.25) is 13.1 Å². The van der Waals surface area contributed by atoms with Gasteiger partial charge in [-0.2, -0.15) is 0 Å². The third-order valence-electron chi connectivity index (χ3n) is 4.33. The fourth-order valence-corrected chi connectivity index (χ4v) is 4.55. The van der Waals surface area contributed by atoms with Crippen LogP contribution in [0.4, 0.5) is 0 Å². The first-order chi connectivity index (χ1) is 13.0. The molecule has 0 spiro atoms. The molecular formula is C20H26N3O3SSi. The lowest BCUT2D eigenvalue weighted by atomic mass is 9.84. The summed E-state index contributed by atoms with van der Waals surface area (Å²) in [7, 11) is -4.36. The summed E-state index contributed by atoms with van der Waals surface area (Å²) in [6.07, 6.45) is 2.61. The lowest BCUT2D eigenvalue weighted by Gasteiger charge is -2.33. The molecule has 149 valence electrons. The third-order valence-corrected chi connectivity index (χ3v) is 5.89. The van der Waals surface area contributed by atoms with Crippen molar-refractivity contribution in [1.29, 1.82) is 0 Å². The monoisotopic (exact) mass is 416 g/mol. The van der Waals surface area contributed by atoms with Gasteiger partial charge < -0.3 is 4.43 Å². The molecule has 1 radical (unpaired) electrons. The Balaban J connectivity index is 2.11. The van der Waals surface area contributed by atoms with Crippen molar-refractivity contribution in [3.05, 3.63) is 48.2 Å². The molecule has 1 aromatic carbocycles. The molecule has 2 aromatic heterocycles. The Morgan fingerprint density at radius 1 is 1.14 bits per heavy atom. The van der Waals surface area contributed by atoms with E-state index in [-0.39, 0.29) is 16.7 Å². The van der Waals surface area contributed by atoms with Crippen LogP contribution in [0.5, 0.6) is 0 Å².